The van der Waals surface area contributed by atoms with Crippen LogP contribution in [-0.2, 0) is 14.3 Å². The van der Waals surface area contributed by atoms with Crippen molar-refractivity contribution in [2.24, 2.45) is 4.99 Å². The van der Waals surface area contributed by atoms with Crippen LogP contribution in [0, 0.1) is 0 Å². The van der Waals surface area contributed by atoms with Gasteiger partial charge in [0.1, 0.15) is 11.5 Å². The molecule has 0 aliphatic carbocycles. The molecular weight excluding hydrogens is 474 g/mol. The van der Waals surface area contributed by atoms with Gasteiger partial charge in [-0.05, 0) is 55.0 Å². The summed E-state index contributed by atoms with van der Waals surface area (Å²) in [7, 11) is 1.38. The molecule has 0 fully saturated rings. The second kappa shape index (κ2) is 11.5. The Labute approximate surface area is 216 Å². The zero-order chi connectivity index (χ0) is 25.7. The summed E-state index contributed by atoms with van der Waals surface area (Å²) in [6.45, 7) is 5.99. The summed E-state index contributed by atoms with van der Waals surface area (Å²) in [6, 6.07) is 16.8. The first-order valence-electron chi connectivity index (χ1n) is 12.1. The molecule has 2 heterocycles. The smallest absolute Gasteiger partial charge is 0.338 e. The van der Waals surface area contributed by atoms with Gasteiger partial charge in [-0.1, -0.05) is 55.9 Å². The van der Waals surface area contributed by atoms with Gasteiger partial charge >= 0.3 is 5.97 Å². The zero-order valence-corrected chi connectivity index (χ0v) is 21.8. The van der Waals surface area contributed by atoms with Gasteiger partial charge in [0, 0.05) is 11.7 Å². The number of amides is 1. The van der Waals surface area contributed by atoms with E-state index in [0.717, 1.165) is 28.6 Å². The lowest BCUT2D eigenvalue weighted by molar-refractivity contribution is -0.136. The van der Waals surface area contributed by atoms with Gasteiger partial charge in [-0.3, -0.25) is 4.79 Å². The Morgan fingerprint density at radius 2 is 1.86 bits per heavy atom. The van der Waals surface area contributed by atoms with Crippen LogP contribution in [0.3, 0.4) is 0 Å². The molecule has 2 aliphatic heterocycles. The molecule has 8 heteroatoms. The minimum Gasteiger partial charge on any atom is -0.466 e. The van der Waals surface area contributed by atoms with Crippen LogP contribution in [0.1, 0.15) is 51.6 Å². The van der Waals surface area contributed by atoms with Crippen LogP contribution in [-0.4, -0.2) is 35.1 Å². The maximum Gasteiger partial charge on any atom is 0.338 e. The van der Waals surface area contributed by atoms with Gasteiger partial charge in [-0.25, -0.2) is 9.79 Å². The topological polar surface area (TPSA) is 80.2 Å². The molecule has 2 aromatic rings. The van der Waals surface area contributed by atoms with Gasteiger partial charge in [0.25, 0.3) is 0 Å². The molecule has 0 saturated heterocycles. The van der Waals surface area contributed by atoms with Gasteiger partial charge in [0.05, 0.1) is 30.8 Å². The molecule has 0 aromatic heterocycles. The Morgan fingerprint density at radius 1 is 1.11 bits per heavy atom. The lowest BCUT2D eigenvalue weighted by atomic mass is 9.92. The van der Waals surface area contributed by atoms with Crippen molar-refractivity contribution in [2.75, 3.05) is 7.11 Å². The predicted octanol–water partition coefficient (Wildman–Crippen LogP) is 5.92. The van der Waals surface area contributed by atoms with Crippen molar-refractivity contribution in [1.29, 1.82) is 0 Å². The van der Waals surface area contributed by atoms with Crippen molar-refractivity contribution in [3.8, 4) is 11.5 Å². The van der Waals surface area contributed by atoms with Gasteiger partial charge in [0.15, 0.2) is 5.17 Å². The summed E-state index contributed by atoms with van der Waals surface area (Å²) in [4.78, 5) is 32.6. The van der Waals surface area contributed by atoms with E-state index in [2.05, 4.69) is 5.32 Å². The summed E-state index contributed by atoms with van der Waals surface area (Å²) in [5.74, 6) is 0.867. The van der Waals surface area contributed by atoms with Crippen LogP contribution in [0.2, 0.25) is 0 Å². The molecule has 2 aliphatic rings. The maximum atomic E-state index is 13.1. The number of ether oxygens (including phenoxy) is 2. The van der Waals surface area contributed by atoms with Crippen LogP contribution >= 0.6 is 11.8 Å². The number of para-hydroxylation sites is 1. The van der Waals surface area contributed by atoms with Crippen molar-refractivity contribution in [2.45, 2.75) is 52.1 Å². The SMILES string of the molecule is CCC1=C(C(=O)OC)[C@@H](c2cccc(Oc3ccccc3)c2)N2C(CC(=O)N[C@@H](C)CC)=CSC2=N1. The van der Waals surface area contributed by atoms with Crippen molar-refractivity contribution in [3.05, 3.63) is 82.5 Å². The summed E-state index contributed by atoms with van der Waals surface area (Å²) in [5.41, 5.74) is 2.78. The van der Waals surface area contributed by atoms with Crippen LogP contribution in [0.4, 0.5) is 0 Å². The highest BCUT2D eigenvalue weighted by Gasteiger charge is 2.41. The summed E-state index contributed by atoms with van der Waals surface area (Å²) in [5, 5.41) is 5.71. The fourth-order valence-electron chi connectivity index (χ4n) is 4.19. The minimum absolute atomic E-state index is 0.0674. The number of carbonyl (C=O) groups is 2. The lowest BCUT2D eigenvalue weighted by Gasteiger charge is -2.36. The van der Waals surface area contributed by atoms with Crippen LogP contribution in [0.5, 0.6) is 11.5 Å². The zero-order valence-electron chi connectivity index (χ0n) is 21.0. The van der Waals surface area contributed by atoms with Crippen LogP contribution in [0.25, 0.3) is 0 Å². The Morgan fingerprint density at radius 3 is 2.56 bits per heavy atom. The highest BCUT2D eigenvalue weighted by Crippen LogP contribution is 2.46. The number of hydrogen-bond donors (Lipinski definition) is 1. The molecule has 36 heavy (non-hydrogen) atoms. The number of carbonyl (C=O) groups excluding carboxylic acids is 2. The van der Waals surface area contributed by atoms with E-state index >= 15 is 0 Å². The highest BCUT2D eigenvalue weighted by atomic mass is 32.2. The largest absolute Gasteiger partial charge is 0.466 e. The summed E-state index contributed by atoms with van der Waals surface area (Å²) in [6.07, 6.45) is 1.60. The number of thioether (sulfide) groups is 1. The highest BCUT2D eigenvalue weighted by molar-refractivity contribution is 8.16. The third kappa shape index (κ3) is 5.49. The van der Waals surface area contributed by atoms with Gasteiger partial charge in [-0.2, -0.15) is 0 Å². The number of benzene rings is 2. The number of nitrogens with one attached hydrogen (secondary N) is 1. The van der Waals surface area contributed by atoms with Crippen molar-refractivity contribution >= 4 is 28.8 Å². The third-order valence-corrected chi connectivity index (χ3v) is 7.03. The quantitative estimate of drug-likeness (QED) is 0.426. The molecule has 0 spiro atoms. The molecule has 2 aromatic carbocycles. The first-order valence-corrected chi connectivity index (χ1v) is 13.0. The number of amidine groups is 1. The average Bonchev–Trinajstić information content (AvgIpc) is 3.29. The van der Waals surface area contributed by atoms with E-state index in [4.69, 9.17) is 14.5 Å². The molecule has 188 valence electrons. The van der Waals surface area contributed by atoms with E-state index in [1.807, 2.05) is 85.7 Å². The monoisotopic (exact) mass is 505 g/mol. The van der Waals surface area contributed by atoms with Gasteiger partial charge in [0.2, 0.25) is 5.91 Å². The van der Waals surface area contributed by atoms with Gasteiger partial charge in [-0.15, -0.1) is 0 Å². The van der Waals surface area contributed by atoms with Crippen molar-refractivity contribution < 1.29 is 19.1 Å². The molecule has 0 radical (unpaired) electrons. The van der Waals surface area contributed by atoms with E-state index < -0.39 is 12.0 Å². The summed E-state index contributed by atoms with van der Waals surface area (Å²) < 4.78 is 11.3. The Balaban J connectivity index is 1.73. The average molecular weight is 506 g/mol. The van der Waals surface area contributed by atoms with E-state index in [1.165, 1.54) is 18.9 Å². The standard InChI is InChI=1S/C28H31N3O4S/c1-5-18(3)29-24(32)16-20-17-36-28-30-23(6-2)25(27(33)34-4)26(31(20)28)19-11-10-14-22(15-19)35-21-12-8-7-9-13-21/h7-15,17-18,26H,5-6,16H2,1-4H3,(H,29,32)/t18-,26+/m0/s1. The second-order valence-corrected chi connectivity index (χ2v) is 9.48. The molecule has 7 nitrogen and oxygen atoms in total. The summed E-state index contributed by atoms with van der Waals surface area (Å²) >= 11 is 1.46. The van der Waals surface area contributed by atoms with Gasteiger partial charge < -0.3 is 19.7 Å². The first-order chi connectivity index (χ1) is 17.4. The number of nitrogens with zero attached hydrogens (tertiary/aromatic N) is 2. The van der Waals surface area contributed by atoms with Crippen molar-refractivity contribution in [3.63, 3.8) is 0 Å². The van der Waals surface area contributed by atoms with E-state index in [-0.39, 0.29) is 18.4 Å². The van der Waals surface area contributed by atoms with E-state index in [9.17, 15) is 9.59 Å². The molecule has 0 unspecified atom stereocenters. The Hall–Kier alpha value is -3.52. The molecular formula is C28H31N3O4S. The lowest BCUT2D eigenvalue weighted by Crippen LogP contribution is -2.39. The van der Waals surface area contributed by atoms with E-state index in [0.29, 0.717) is 23.4 Å². The fourth-order valence-corrected chi connectivity index (χ4v) is 5.13. The number of rotatable bonds is 9. The molecule has 0 bridgehead atoms. The number of esters is 1. The number of allylic oxidation sites excluding steroid dienone is 1. The van der Waals surface area contributed by atoms with Crippen molar-refractivity contribution in [1.82, 2.24) is 10.2 Å². The molecule has 1 amide bonds. The Bertz CT molecular complexity index is 1220. The normalized spacial score (nSPS) is 17.7. The number of aliphatic imine (C=N–C) groups is 1. The second-order valence-electron chi connectivity index (χ2n) is 8.64. The molecule has 0 saturated carbocycles. The fraction of sp³-hybridized carbons (Fsp3) is 0.321. The molecule has 2 atom stereocenters. The number of hydrogen-bond acceptors (Lipinski definition) is 7. The van der Waals surface area contributed by atoms with Crippen LogP contribution < -0.4 is 10.1 Å². The maximum absolute atomic E-state index is 13.1. The predicted molar refractivity (Wildman–Crippen MR) is 142 cm³/mol. The first kappa shape index (κ1) is 25.6. The molecule has 1 N–H and O–H groups in total. The number of methoxy groups -OCH3 is 1. The Kier molecular flexibility index (Phi) is 8.15. The van der Waals surface area contributed by atoms with Crippen LogP contribution in [0.15, 0.2) is 82.0 Å². The number of fused-ring (bicyclic) bond motifs is 1. The third-order valence-electron chi connectivity index (χ3n) is 6.14. The van der Waals surface area contributed by atoms with E-state index in [1.54, 1.807) is 0 Å². The molecule has 4 rings (SSSR count). The minimum atomic E-state index is -0.503.